The molecule has 3 rings (SSSR count). The Morgan fingerprint density at radius 2 is 2.00 bits per heavy atom. The van der Waals surface area contributed by atoms with Crippen molar-refractivity contribution in [2.24, 2.45) is 0 Å². The number of likely N-dealkylation sites (N-methyl/N-ethyl adjacent to an activating group) is 1. The van der Waals surface area contributed by atoms with Crippen molar-refractivity contribution in [2.75, 3.05) is 14.1 Å². The number of hydrogen-bond donors (Lipinski definition) is 1. The van der Waals surface area contributed by atoms with E-state index in [-0.39, 0.29) is 11.1 Å². The number of sulfonamides is 1. The molecule has 1 N–H and O–H groups in total. The first-order valence-corrected chi connectivity index (χ1v) is 8.55. The van der Waals surface area contributed by atoms with Crippen LogP contribution < -0.4 is 4.72 Å². The molecule has 1 unspecified atom stereocenters. The van der Waals surface area contributed by atoms with Gasteiger partial charge in [-0.05, 0) is 31.9 Å². The van der Waals surface area contributed by atoms with E-state index in [1.54, 1.807) is 7.05 Å². The summed E-state index contributed by atoms with van der Waals surface area (Å²) in [6.07, 6.45) is 6.06. The van der Waals surface area contributed by atoms with Crippen molar-refractivity contribution in [2.45, 2.75) is 30.6 Å². The number of amides is 3. The molecule has 118 valence electrons. The van der Waals surface area contributed by atoms with Gasteiger partial charge in [0.2, 0.25) is 10.0 Å². The number of nitrogens with zero attached hydrogens (tertiary/aromatic N) is 2. The quantitative estimate of drug-likeness (QED) is 0.740. The molecule has 0 radical (unpaired) electrons. The summed E-state index contributed by atoms with van der Waals surface area (Å²) in [7, 11) is -0.670. The van der Waals surface area contributed by atoms with Gasteiger partial charge in [-0.1, -0.05) is 6.08 Å². The summed E-state index contributed by atoms with van der Waals surface area (Å²) < 4.78 is 28.9. The van der Waals surface area contributed by atoms with Crippen molar-refractivity contribution in [1.29, 1.82) is 0 Å². The molecular formula is C14H18N3O4S+. The van der Waals surface area contributed by atoms with Crippen molar-refractivity contribution in [3.8, 4) is 0 Å². The largest absolute Gasteiger partial charge is 0.501 e. The fraction of sp³-hybridized carbons (Fsp3) is 0.500. The lowest BCUT2D eigenvalue weighted by Crippen LogP contribution is -2.49. The van der Waals surface area contributed by atoms with Gasteiger partial charge in [0.05, 0.1) is 14.1 Å². The van der Waals surface area contributed by atoms with Crippen LogP contribution in [0, 0.1) is 0 Å². The molecule has 2 aliphatic carbocycles. The summed E-state index contributed by atoms with van der Waals surface area (Å²) in [5, 5.41) is -0.914. The van der Waals surface area contributed by atoms with E-state index in [9.17, 15) is 18.0 Å². The fourth-order valence-corrected chi connectivity index (χ4v) is 4.17. The van der Waals surface area contributed by atoms with Crippen molar-refractivity contribution < 1.29 is 22.6 Å². The second kappa shape index (κ2) is 4.60. The second-order valence-corrected chi connectivity index (χ2v) is 8.04. The Balaban J connectivity index is 1.98. The van der Waals surface area contributed by atoms with Gasteiger partial charge in [0.15, 0.2) is 0 Å². The summed E-state index contributed by atoms with van der Waals surface area (Å²) in [6.45, 7) is 1.85. The normalized spacial score (nSPS) is 27.0. The topological polar surface area (TPSA) is 86.6 Å². The molecule has 0 aromatic heterocycles. The molecule has 1 heterocycles. The first kappa shape index (κ1) is 15.1. The lowest BCUT2D eigenvalue weighted by atomic mass is 10.0. The fourth-order valence-electron chi connectivity index (χ4n) is 2.54. The number of fused-ring (bicyclic) bond motifs is 1. The van der Waals surface area contributed by atoms with Crippen LogP contribution in [-0.2, 0) is 14.8 Å². The maximum Gasteiger partial charge on any atom is 0.501 e. The third kappa shape index (κ3) is 2.32. The Kier molecular flexibility index (Phi) is 3.16. The Hall–Kier alpha value is -1.80. The maximum atomic E-state index is 12.4. The minimum atomic E-state index is -3.60. The molecule has 8 heteroatoms. The minimum Gasteiger partial charge on any atom is -0.241 e. The van der Waals surface area contributed by atoms with Crippen LogP contribution in [-0.4, -0.2) is 60.4 Å². The number of carbonyl (C=O) groups is 2. The Morgan fingerprint density at radius 1 is 1.36 bits per heavy atom. The summed E-state index contributed by atoms with van der Waals surface area (Å²) in [5.41, 5.74) is 0.301. The molecule has 0 saturated heterocycles. The van der Waals surface area contributed by atoms with Crippen molar-refractivity contribution in [1.82, 2.24) is 9.62 Å². The number of urea groups is 1. The number of carbonyl (C=O) groups excluding carboxylic acids is 2. The first-order valence-electron chi connectivity index (χ1n) is 7.00. The van der Waals surface area contributed by atoms with Gasteiger partial charge in [0.1, 0.15) is 16.5 Å². The smallest absolute Gasteiger partial charge is 0.241 e. The van der Waals surface area contributed by atoms with Crippen molar-refractivity contribution in [3.05, 3.63) is 23.8 Å². The van der Waals surface area contributed by atoms with Gasteiger partial charge in [0, 0.05) is 5.54 Å². The molecule has 1 atom stereocenters. The van der Waals surface area contributed by atoms with E-state index in [2.05, 4.69) is 4.72 Å². The number of rotatable bonds is 3. The number of imide groups is 1. The molecule has 1 saturated carbocycles. The molecule has 3 amide bonds. The molecule has 7 nitrogen and oxygen atoms in total. The molecule has 3 aliphatic rings. The SMILES string of the molecule is CN1C(=O)C2=CC(S(=O)(=O)NC3(C)CC3)C=CC2=[N+](C)C1=O. The van der Waals surface area contributed by atoms with Crippen LogP contribution in [0.2, 0.25) is 0 Å². The Labute approximate surface area is 129 Å². The zero-order valence-corrected chi connectivity index (χ0v) is 13.5. The van der Waals surface area contributed by atoms with Gasteiger partial charge in [0.25, 0.3) is 0 Å². The highest BCUT2D eigenvalue weighted by Gasteiger charge is 2.45. The molecule has 1 fully saturated rings. The van der Waals surface area contributed by atoms with E-state index in [0.717, 1.165) is 17.7 Å². The predicted octanol–water partition coefficient (Wildman–Crippen LogP) is -0.00160. The van der Waals surface area contributed by atoms with Crippen LogP contribution in [0.4, 0.5) is 4.79 Å². The van der Waals surface area contributed by atoms with Gasteiger partial charge >= 0.3 is 11.9 Å². The van der Waals surface area contributed by atoms with E-state index in [0.29, 0.717) is 5.71 Å². The lowest BCUT2D eigenvalue weighted by molar-refractivity contribution is -0.401. The average molecular weight is 324 g/mol. The standard InChI is InChI=1S/C14H18N3O4S/c1-14(6-7-14)15-22(20,21)9-4-5-11-10(8-9)12(18)17(3)13(19)16(11)2/h4-5,8-9,15H,6-7H2,1-3H3/q+1. The maximum absolute atomic E-state index is 12.4. The molecule has 0 bridgehead atoms. The lowest BCUT2D eigenvalue weighted by Gasteiger charge is -2.23. The predicted molar refractivity (Wildman–Crippen MR) is 80.1 cm³/mol. The Bertz CT molecular complexity index is 772. The van der Waals surface area contributed by atoms with E-state index >= 15 is 0 Å². The van der Waals surface area contributed by atoms with E-state index in [4.69, 9.17) is 0 Å². The monoisotopic (exact) mass is 324 g/mol. The average Bonchev–Trinajstić information content (AvgIpc) is 3.18. The number of hydrogen-bond acceptors (Lipinski definition) is 4. The van der Waals surface area contributed by atoms with E-state index < -0.39 is 27.2 Å². The highest BCUT2D eigenvalue weighted by Crippen LogP contribution is 2.36. The molecule has 0 aromatic carbocycles. The number of nitrogens with one attached hydrogen (secondary N) is 1. The van der Waals surface area contributed by atoms with Crippen LogP contribution in [0.5, 0.6) is 0 Å². The van der Waals surface area contributed by atoms with Crippen LogP contribution in [0.25, 0.3) is 0 Å². The molecule has 0 spiro atoms. The summed E-state index contributed by atoms with van der Waals surface area (Å²) in [5.74, 6) is -0.486. The highest BCUT2D eigenvalue weighted by molar-refractivity contribution is 7.90. The molecular weight excluding hydrogens is 306 g/mol. The van der Waals surface area contributed by atoms with E-state index in [1.165, 1.54) is 29.9 Å². The summed E-state index contributed by atoms with van der Waals surface area (Å²) in [6, 6.07) is -0.438. The van der Waals surface area contributed by atoms with Gasteiger partial charge in [-0.2, -0.15) is 14.3 Å². The van der Waals surface area contributed by atoms with Crippen LogP contribution in [0.3, 0.4) is 0 Å². The van der Waals surface area contributed by atoms with Crippen LogP contribution >= 0.6 is 0 Å². The van der Waals surface area contributed by atoms with Crippen molar-refractivity contribution in [3.63, 3.8) is 0 Å². The number of allylic oxidation sites excluding steroid dienone is 1. The Morgan fingerprint density at radius 3 is 2.59 bits per heavy atom. The summed E-state index contributed by atoms with van der Waals surface area (Å²) in [4.78, 5) is 25.1. The third-order valence-electron chi connectivity index (χ3n) is 4.27. The molecule has 0 aromatic rings. The van der Waals surface area contributed by atoms with E-state index in [1.807, 2.05) is 6.92 Å². The third-order valence-corrected chi connectivity index (χ3v) is 6.06. The van der Waals surface area contributed by atoms with Crippen LogP contribution in [0.1, 0.15) is 19.8 Å². The minimum absolute atomic E-state index is 0.239. The summed E-state index contributed by atoms with van der Waals surface area (Å²) >= 11 is 0. The van der Waals surface area contributed by atoms with Crippen LogP contribution in [0.15, 0.2) is 23.8 Å². The molecule has 22 heavy (non-hydrogen) atoms. The van der Waals surface area contributed by atoms with Gasteiger partial charge < -0.3 is 0 Å². The van der Waals surface area contributed by atoms with Gasteiger partial charge in [-0.15, -0.1) is 0 Å². The van der Waals surface area contributed by atoms with Crippen molar-refractivity contribution >= 4 is 27.7 Å². The zero-order chi connectivity index (χ0) is 16.3. The molecule has 1 aliphatic heterocycles. The zero-order valence-electron chi connectivity index (χ0n) is 12.7. The van der Waals surface area contributed by atoms with Gasteiger partial charge in [-0.25, -0.2) is 17.9 Å². The van der Waals surface area contributed by atoms with Gasteiger partial charge in [-0.3, -0.25) is 0 Å². The first-order chi connectivity index (χ1) is 10.1. The second-order valence-electron chi connectivity index (χ2n) is 6.20. The highest BCUT2D eigenvalue weighted by atomic mass is 32.2.